The number of benzene rings is 5. The Labute approximate surface area is 253 Å². The largest absolute Gasteiger partial charge is 0.497 e. The van der Waals surface area contributed by atoms with Gasteiger partial charge in [-0.05, 0) is 69.0 Å². The first-order valence-corrected chi connectivity index (χ1v) is 14.9. The number of ketones is 1. The van der Waals surface area contributed by atoms with Gasteiger partial charge in [-0.3, -0.25) is 4.79 Å². The van der Waals surface area contributed by atoms with Crippen molar-refractivity contribution in [2.45, 2.75) is 24.8 Å². The number of methoxy groups -OCH3 is 1. The molecule has 7 rings (SSSR count). The van der Waals surface area contributed by atoms with E-state index >= 15 is 4.79 Å². The summed E-state index contributed by atoms with van der Waals surface area (Å²) in [5, 5.41) is 2.44. The van der Waals surface area contributed by atoms with E-state index in [0.717, 1.165) is 33.7 Å². The Morgan fingerprint density at radius 3 is 2.09 bits per heavy atom. The van der Waals surface area contributed by atoms with E-state index in [1.54, 1.807) is 7.11 Å². The molecule has 0 aromatic heterocycles. The van der Waals surface area contributed by atoms with Crippen molar-refractivity contribution in [1.29, 1.82) is 0 Å². The van der Waals surface area contributed by atoms with Gasteiger partial charge >= 0.3 is 0 Å². The highest BCUT2D eigenvalue weighted by atomic mass is 16.5. The van der Waals surface area contributed by atoms with Crippen molar-refractivity contribution in [3.8, 4) is 5.75 Å². The molecule has 3 heteroatoms. The minimum atomic E-state index is -0.707. The minimum Gasteiger partial charge on any atom is -0.497 e. The first-order valence-electron chi connectivity index (χ1n) is 14.9. The van der Waals surface area contributed by atoms with Crippen LogP contribution in [-0.4, -0.2) is 25.5 Å². The zero-order valence-electron chi connectivity index (χ0n) is 25.0. The third-order valence-electron chi connectivity index (χ3n) is 9.74. The van der Waals surface area contributed by atoms with E-state index in [-0.39, 0.29) is 5.78 Å². The Balaban J connectivity index is 1.56. The number of allylic oxidation sites excluding steroid dienone is 2. The minimum absolute atomic E-state index is 0.114. The van der Waals surface area contributed by atoms with Gasteiger partial charge in [-0.15, -0.1) is 0 Å². The highest BCUT2D eigenvalue weighted by Gasteiger charge is 2.62. The van der Waals surface area contributed by atoms with Crippen LogP contribution in [0.25, 0.3) is 21.9 Å². The SMILES string of the molecule is COc1ccc(C2=CC(c3ccccc3)=CC3(C2C(=O)c2ccccc2)N(C)c2ccc4ccccc4c2C3(C)C)cc1. The Morgan fingerprint density at radius 1 is 0.744 bits per heavy atom. The number of nitrogens with zero attached hydrogens (tertiary/aromatic N) is 1. The second-order valence-corrected chi connectivity index (χ2v) is 12.1. The molecule has 1 aliphatic heterocycles. The second kappa shape index (κ2) is 10.1. The van der Waals surface area contributed by atoms with Crippen LogP contribution in [0, 0.1) is 5.92 Å². The van der Waals surface area contributed by atoms with Gasteiger partial charge < -0.3 is 9.64 Å². The summed E-state index contributed by atoms with van der Waals surface area (Å²) < 4.78 is 5.51. The van der Waals surface area contributed by atoms with Gasteiger partial charge in [0.1, 0.15) is 5.75 Å². The molecule has 212 valence electrons. The molecule has 0 bridgehead atoms. The van der Waals surface area contributed by atoms with E-state index in [2.05, 4.69) is 111 Å². The maximum Gasteiger partial charge on any atom is 0.173 e. The van der Waals surface area contributed by atoms with Crippen LogP contribution in [0.1, 0.15) is 40.9 Å². The van der Waals surface area contributed by atoms with E-state index in [1.807, 2.05) is 48.5 Å². The molecule has 2 aliphatic rings. The summed E-state index contributed by atoms with van der Waals surface area (Å²) in [6.45, 7) is 4.65. The van der Waals surface area contributed by atoms with Crippen LogP contribution >= 0.6 is 0 Å². The molecule has 0 fully saturated rings. The van der Waals surface area contributed by atoms with E-state index in [1.165, 1.54) is 16.3 Å². The molecular weight excluding hydrogens is 526 g/mol. The van der Waals surface area contributed by atoms with Crippen LogP contribution in [0.5, 0.6) is 5.75 Å². The fourth-order valence-electron chi connectivity index (χ4n) is 7.64. The number of anilines is 1. The second-order valence-electron chi connectivity index (χ2n) is 12.1. The maximum absolute atomic E-state index is 15.0. The van der Waals surface area contributed by atoms with Crippen LogP contribution in [0.4, 0.5) is 5.69 Å². The molecule has 0 radical (unpaired) electrons. The molecule has 0 saturated heterocycles. The number of carbonyl (C=O) groups excluding carboxylic acids is 1. The number of likely N-dealkylation sites (N-methyl/N-ethyl adjacent to an activating group) is 1. The fourth-order valence-corrected chi connectivity index (χ4v) is 7.64. The molecule has 2 unspecified atom stereocenters. The van der Waals surface area contributed by atoms with E-state index < -0.39 is 16.9 Å². The summed E-state index contributed by atoms with van der Waals surface area (Å²) >= 11 is 0. The highest BCUT2D eigenvalue weighted by Crippen LogP contribution is 2.61. The van der Waals surface area contributed by atoms with Crippen molar-refractivity contribution in [2.24, 2.45) is 5.92 Å². The van der Waals surface area contributed by atoms with Crippen molar-refractivity contribution in [3.05, 3.63) is 156 Å². The molecule has 3 nitrogen and oxygen atoms in total. The average Bonchev–Trinajstić information content (AvgIpc) is 3.23. The van der Waals surface area contributed by atoms with Crippen LogP contribution in [0.15, 0.2) is 133 Å². The summed E-state index contributed by atoms with van der Waals surface area (Å²) in [4.78, 5) is 17.4. The Hall–Kier alpha value is -4.89. The summed E-state index contributed by atoms with van der Waals surface area (Å²) in [7, 11) is 3.85. The number of fused-ring (bicyclic) bond motifs is 3. The zero-order valence-corrected chi connectivity index (χ0v) is 25.0. The lowest BCUT2D eigenvalue weighted by Crippen LogP contribution is -2.61. The Morgan fingerprint density at radius 2 is 1.40 bits per heavy atom. The Kier molecular flexibility index (Phi) is 6.36. The van der Waals surface area contributed by atoms with Crippen molar-refractivity contribution in [2.75, 3.05) is 19.1 Å². The third kappa shape index (κ3) is 3.99. The summed E-state index contributed by atoms with van der Waals surface area (Å²) in [5.74, 6) is 0.418. The summed E-state index contributed by atoms with van der Waals surface area (Å²) in [5.41, 5.74) is 6.27. The van der Waals surface area contributed by atoms with Gasteiger partial charge in [0, 0.05) is 23.7 Å². The van der Waals surface area contributed by atoms with Gasteiger partial charge in [0.05, 0.1) is 18.6 Å². The van der Waals surface area contributed by atoms with Gasteiger partial charge in [0.2, 0.25) is 0 Å². The molecule has 0 saturated carbocycles. The normalized spacial score (nSPS) is 20.5. The lowest BCUT2D eigenvalue weighted by molar-refractivity contribution is 0.0886. The monoisotopic (exact) mass is 561 g/mol. The number of hydrogen-bond acceptors (Lipinski definition) is 3. The van der Waals surface area contributed by atoms with Crippen molar-refractivity contribution >= 4 is 33.4 Å². The maximum atomic E-state index is 15.0. The van der Waals surface area contributed by atoms with Gasteiger partial charge in [-0.25, -0.2) is 0 Å². The topological polar surface area (TPSA) is 29.5 Å². The Bertz CT molecular complexity index is 1900. The van der Waals surface area contributed by atoms with Crippen molar-refractivity contribution < 1.29 is 9.53 Å². The predicted molar refractivity (Wildman–Crippen MR) is 178 cm³/mol. The molecule has 1 aliphatic carbocycles. The molecular formula is C40H35NO2. The predicted octanol–water partition coefficient (Wildman–Crippen LogP) is 8.99. The van der Waals surface area contributed by atoms with Gasteiger partial charge in [-0.1, -0.05) is 117 Å². The zero-order chi connectivity index (χ0) is 29.8. The third-order valence-corrected chi connectivity index (χ3v) is 9.74. The molecule has 1 heterocycles. The van der Waals surface area contributed by atoms with Gasteiger partial charge in [0.25, 0.3) is 0 Å². The molecule has 2 atom stereocenters. The van der Waals surface area contributed by atoms with Crippen molar-refractivity contribution in [3.63, 3.8) is 0 Å². The standard InChI is InChI=1S/C40H35NO2/c1-39(2)36-33-18-12-11-15-28(33)21-24-35(36)41(3)40(39)26-31(27-13-7-5-8-14-27)25-34(29-19-22-32(43-4)23-20-29)37(40)38(42)30-16-9-6-10-17-30/h5-26,37H,1-4H3. The quantitative estimate of drug-likeness (QED) is 0.201. The molecule has 5 aromatic carbocycles. The molecule has 5 aromatic rings. The molecule has 1 spiro atoms. The first-order chi connectivity index (χ1) is 20.9. The average molecular weight is 562 g/mol. The molecule has 0 amide bonds. The van der Waals surface area contributed by atoms with Crippen LogP contribution in [-0.2, 0) is 5.41 Å². The van der Waals surface area contributed by atoms with Gasteiger partial charge in [-0.2, -0.15) is 0 Å². The first kappa shape index (κ1) is 27.0. The number of ether oxygens (including phenoxy) is 1. The van der Waals surface area contributed by atoms with Gasteiger partial charge in [0.15, 0.2) is 5.78 Å². The lowest BCUT2D eigenvalue weighted by atomic mass is 9.57. The number of Topliss-reactive ketones (excluding diaryl/α,β-unsaturated/α-hetero) is 1. The smallest absolute Gasteiger partial charge is 0.173 e. The number of carbonyl (C=O) groups is 1. The number of hydrogen-bond donors (Lipinski definition) is 0. The number of rotatable bonds is 5. The fraction of sp³-hybridized carbons (Fsp3) is 0.175. The van der Waals surface area contributed by atoms with Crippen molar-refractivity contribution in [1.82, 2.24) is 0 Å². The molecule has 0 N–H and O–H groups in total. The summed E-state index contributed by atoms with van der Waals surface area (Å²) in [6, 6.07) is 41.5. The van der Waals surface area contributed by atoms with Crippen LogP contribution in [0.2, 0.25) is 0 Å². The van der Waals surface area contributed by atoms with E-state index in [0.29, 0.717) is 5.56 Å². The lowest BCUT2D eigenvalue weighted by Gasteiger charge is -2.52. The van der Waals surface area contributed by atoms with Crippen LogP contribution in [0.3, 0.4) is 0 Å². The van der Waals surface area contributed by atoms with Crippen LogP contribution < -0.4 is 9.64 Å². The highest BCUT2D eigenvalue weighted by molar-refractivity contribution is 6.11. The van der Waals surface area contributed by atoms with E-state index in [9.17, 15) is 0 Å². The summed E-state index contributed by atoms with van der Waals surface area (Å²) in [6.07, 6.45) is 4.62. The van der Waals surface area contributed by atoms with E-state index in [4.69, 9.17) is 4.74 Å². The molecule has 43 heavy (non-hydrogen) atoms.